The predicted molar refractivity (Wildman–Crippen MR) is 69.4 cm³/mol. The Morgan fingerprint density at radius 2 is 2.47 bits per heavy atom. The van der Waals surface area contributed by atoms with Gasteiger partial charge in [-0.15, -0.1) is 11.3 Å². The summed E-state index contributed by atoms with van der Waals surface area (Å²) in [5.74, 6) is -0.928. The van der Waals surface area contributed by atoms with Gasteiger partial charge in [-0.1, -0.05) is 0 Å². The number of aryl methyl sites for hydroxylation is 1. The number of morpholine rings is 1. The average molecular weight is 285 g/mol. The molecule has 1 aliphatic rings. The summed E-state index contributed by atoms with van der Waals surface area (Å²) in [6.07, 6.45) is 1.14. The molecule has 104 valence electrons. The van der Waals surface area contributed by atoms with E-state index in [4.69, 9.17) is 9.84 Å². The Balaban J connectivity index is 1.89. The molecular formula is C11H15N3O4S. The molecule has 0 aromatic carbocycles. The first-order valence-corrected chi connectivity index (χ1v) is 6.68. The van der Waals surface area contributed by atoms with Crippen LogP contribution in [0.4, 0.5) is 9.93 Å². The van der Waals surface area contributed by atoms with Gasteiger partial charge in [0.05, 0.1) is 19.1 Å². The van der Waals surface area contributed by atoms with E-state index in [1.807, 2.05) is 6.92 Å². The van der Waals surface area contributed by atoms with Crippen LogP contribution >= 0.6 is 11.3 Å². The molecule has 1 unspecified atom stereocenters. The summed E-state index contributed by atoms with van der Waals surface area (Å²) >= 11 is 1.40. The Hall–Kier alpha value is -1.67. The number of anilines is 1. The number of nitrogens with one attached hydrogen (secondary N) is 1. The molecule has 2 amide bonds. The van der Waals surface area contributed by atoms with Gasteiger partial charge in [0, 0.05) is 24.2 Å². The largest absolute Gasteiger partial charge is 0.481 e. The van der Waals surface area contributed by atoms with Crippen LogP contribution in [0.15, 0.2) is 6.20 Å². The molecule has 7 nitrogen and oxygen atoms in total. The van der Waals surface area contributed by atoms with Crippen molar-refractivity contribution in [2.45, 2.75) is 19.4 Å². The highest BCUT2D eigenvalue weighted by Crippen LogP contribution is 2.18. The van der Waals surface area contributed by atoms with Gasteiger partial charge in [0.2, 0.25) is 0 Å². The zero-order chi connectivity index (χ0) is 13.8. The average Bonchev–Trinajstić information content (AvgIpc) is 2.74. The van der Waals surface area contributed by atoms with E-state index in [-0.39, 0.29) is 19.0 Å². The van der Waals surface area contributed by atoms with Crippen molar-refractivity contribution in [2.75, 3.05) is 25.0 Å². The third kappa shape index (κ3) is 3.90. The maximum absolute atomic E-state index is 12.0. The molecule has 0 spiro atoms. The lowest BCUT2D eigenvalue weighted by atomic mass is 10.2. The number of carbonyl (C=O) groups is 2. The quantitative estimate of drug-likeness (QED) is 0.869. The number of carboxylic acid groups (broad SMARTS) is 1. The number of aromatic nitrogens is 1. The number of amides is 2. The Kier molecular flexibility index (Phi) is 4.33. The molecule has 0 bridgehead atoms. The maximum Gasteiger partial charge on any atom is 0.323 e. The minimum absolute atomic E-state index is 0.0971. The summed E-state index contributed by atoms with van der Waals surface area (Å²) in [6.45, 7) is 2.99. The minimum Gasteiger partial charge on any atom is -0.481 e. The van der Waals surface area contributed by atoms with Gasteiger partial charge in [-0.25, -0.2) is 9.78 Å². The standard InChI is InChI=1S/C11H15N3O4S/c1-7-5-12-10(19-7)13-11(17)14-2-3-18-8(6-14)4-9(15)16/h5,8H,2-4,6H2,1H3,(H,15,16)(H,12,13,17). The fourth-order valence-electron chi connectivity index (χ4n) is 1.81. The van der Waals surface area contributed by atoms with Gasteiger partial charge in [-0.3, -0.25) is 10.1 Å². The van der Waals surface area contributed by atoms with Crippen LogP contribution in [-0.2, 0) is 9.53 Å². The Morgan fingerprint density at radius 3 is 3.11 bits per heavy atom. The minimum atomic E-state index is -0.928. The first-order valence-electron chi connectivity index (χ1n) is 5.86. The van der Waals surface area contributed by atoms with E-state index in [1.54, 1.807) is 11.1 Å². The summed E-state index contributed by atoms with van der Waals surface area (Å²) in [7, 11) is 0. The van der Waals surface area contributed by atoms with E-state index in [0.29, 0.717) is 18.3 Å². The summed E-state index contributed by atoms with van der Waals surface area (Å²) in [5, 5.41) is 12.0. The van der Waals surface area contributed by atoms with Crippen LogP contribution in [0.1, 0.15) is 11.3 Å². The zero-order valence-electron chi connectivity index (χ0n) is 10.5. The molecule has 8 heteroatoms. The second-order valence-electron chi connectivity index (χ2n) is 4.24. The summed E-state index contributed by atoms with van der Waals surface area (Å²) in [5.41, 5.74) is 0. The molecule has 19 heavy (non-hydrogen) atoms. The van der Waals surface area contributed by atoms with Gasteiger partial charge in [-0.2, -0.15) is 0 Å². The number of hydrogen-bond acceptors (Lipinski definition) is 5. The van der Waals surface area contributed by atoms with Crippen molar-refractivity contribution in [3.8, 4) is 0 Å². The molecule has 1 saturated heterocycles. The Bertz CT molecular complexity index is 476. The van der Waals surface area contributed by atoms with Crippen molar-refractivity contribution < 1.29 is 19.4 Å². The molecule has 2 N–H and O–H groups in total. The summed E-state index contributed by atoms with van der Waals surface area (Å²) in [6, 6.07) is -0.270. The molecule has 2 rings (SSSR count). The molecular weight excluding hydrogens is 270 g/mol. The SMILES string of the molecule is Cc1cnc(NC(=O)N2CCOC(CC(=O)O)C2)s1. The number of carbonyl (C=O) groups excluding carboxylic acids is 1. The van der Waals surface area contributed by atoms with Crippen molar-refractivity contribution in [1.29, 1.82) is 0 Å². The lowest BCUT2D eigenvalue weighted by Gasteiger charge is -2.31. The normalized spacial score (nSPS) is 19.2. The van der Waals surface area contributed by atoms with E-state index in [1.165, 1.54) is 11.3 Å². The van der Waals surface area contributed by atoms with Crippen LogP contribution in [0.5, 0.6) is 0 Å². The highest BCUT2D eigenvalue weighted by molar-refractivity contribution is 7.15. The van der Waals surface area contributed by atoms with Crippen molar-refractivity contribution >= 4 is 28.5 Å². The number of carboxylic acids is 1. The van der Waals surface area contributed by atoms with Crippen LogP contribution < -0.4 is 5.32 Å². The molecule has 1 aromatic heterocycles. The molecule has 0 saturated carbocycles. The van der Waals surface area contributed by atoms with Gasteiger partial charge in [-0.05, 0) is 6.92 Å². The summed E-state index contributed by atoms with van der Waals surface area (Å²) < 4.78 is 5.31. The van der Waals surface area contributed by atoms with Gasteiger partial charge in [0.15, 0.2) is 5.13 Å². The lowest BCUT2D eigenvalue weighted by Crippen LogP contribution is -2.47. The number of aliphatic carboxylic acids is 1. The second kappa shape index (κ2) is 5.98. The Morgan fingerprint density at radius 1 is 1.68 bits per heavy atom. The first-order chi connectivity index (χ1) is 9.04. The van der Waals surface area contributed by atoms with Crippen molar-refractivity contribution in [3.05, 3.63) is 11.1 Å². The Labute approximate surface area is 114 Å². The molecule has 0 radical (unpaired) electrons. The van der Waals surface area contributed by atoms with E-state index in [9.17, 15) is 9.59 Å². The van der Waals surface area contributed by atoms with Crippen LogP contribution in [0.3, 0.4) is 0 Å². The molecule has 1 aliphatic heterocycles. The van der Waals surface area contributed by atoms with Crippen molar-refractivity contribution in [3.63, 3.8) is 0 Å². The molecule has 0 aliphatic carbocycles. The molecule has 2 heterocycles. The molecule has 1 atom stereocenters. The van der Waals surface area contributed by atoms with E-state index < -0.39 is 12.1 Å². The third-order valence-electron chi connectivity index (χ3n) is 2.66. The van der Waals surface area contributed by atoms with E-state index >= 15 is 0 Å². The van der Waals surface area contributed by atoms with E-state index in [0.717, 1.165) is 4.88 Å². The fraction of sp³-hybridized carbons (Fsp3) is 0.545. The zero-order valence-corrected chi connectivity index (χ0v) is 11.3. The monoisotopic (exact) mass is 285 g/mol. The predicted octanol–water partition coefficient (Wildman–Crippen LogP) is 1.16. The van der Waals surface area contributed by atoms with Crippen LogP contribution in [0.2, 0.25) is 0 Å². The van der Waals surface area contributed by atoms with Gasteiger partial charge in [0.1, 0.15) is 0 Å². The molecule has 1 aromatic rings. The highest BCUT2D eigenvalue weighted by Gasteiger charge is 2.26. The lowest BCUT2D eigenvalue weighted by molar-refractivity contribution is -0.141. The van der Waals surface area contributed by atoms with Gasteiger partial charge < -0.3 is 14.7 Å². The second-order valence-corrected chi connectivity index (χ2v) is 5.48. The molecule has 1 fully saturated rings. The number of urea groups is 1. The smallest absolute Gasteiger partial charge is 0.323 e. The first kappa shape index (κ1) is 13.8. The topological polar surface area (TPSA) is 91.8 Å². The van der Waals surface area contributed by atoms with Gasteiger partial charge >= 0.3 is 12.0 Å². The van der Waals surface area contributed by atoms with Crippen molar-refractivity contribution in [1.82, 2.24) is 9.88 Å². The third-order valence-corrected chi connectivity index (χ3v) is 3.49. The van der Waals surface area contributed by atoms with E-state index in [2.05, 4.69) is 10.3 Å². The van der Waals surface area contributed by atoms with Crippen LogP contribution in [0, 0.1) is 6.92 Å². The van der Waals surface area contributed by atoms with Gasteiger partial charge in [0.25, 0.3) is 0 Å². The maximum atomic E-state index is 12.0. The number of hydrogen-bond donors (Lipinski definition) is 2. The number of nitrogens with zero attached hydrogens (tertiary/aromatic N) is 2. The fourth-order valence-corrected chi connectivity index (χ4v) is 2.46. The number of thiazole rings is 1. The number of ether oxygens (including phenoxy) is 1. The van der Waals surface area contributed by atoms with Crippen molar-refractivity contribution in [2.24, 2.45) is 0 Å². The van der Waals surface area contributed by atoms with Crippen LogP contribution in [0.25, 0.3) is 0 Å². The van der Waals surface area contributed by atoms with Crippen LogP contribution in [-0.4, -0.2) is 52.8 Å². The summed E-state index contributed by atoms with van der Waals surface area (Å²) in [4.78, 5) is 29.2. The highest BCUT2D eigenvalue weighted by atomic mass is 32.1. The number of rotatable bonds is 3.